The Morgan fingerprint density at radius 2 is 1.68 bits per heavy atom. The molecular formula is C20H25NO3S. The van der Waals surface area contributed by atoms with E-state index in [1.165, 1.54) is 0 Å². The van der Waals surface area contributed by atoms with Crippen molar-refractivity contribution >= 4 is 10.0 Å². The first kappa shape index (κ1) is 18.1. The molecule has 1 heterocycles. The summed E-state index contributed by atoms with van der Waals surface area (Å²) >= 11 is 0. The average Bonchev–Trinajstić information content (AvgIpc) is 2.62. The Bertz CT molecular complexity index is 787. The lowest BCUT2D eigenvalue weighted by Crippen LogP contribution is -2.49. The fourth-order valence-electron chi connectivity index (χ4n) is 3.24. The molecule has 2 atom stereocenters. The molecule has 3 rings (SSSR count). The first-order chi connectivity index (χ1) is 12.0. The predicted molar refractivity (Wildman–Crippen MR) is 99.1 cm³/mol. The molecular weight excluding hydrogens is 334 g/mol. The summed E-state index contributed by atoms with van der Waals surface area (Å²) in [7, 11) is -3.49. The minimum atomic E-state index is -3.49. The lowest BCUT2D eigenvalue weighted by molar-refractivity contribution is -0.0529. The molecule has 1 aliphatic heterocycles. The normalized spacial score (nSPS) is 22.0. The fourth-order valence-corrected chi connectivity index (χ4v) is 4.78. The van der Waals surface area contributed by atoms with Crippen LogP contribution in [0.15, 0.2) is 59.5 Å². The van der Waals surface area contributed by atoms with Crippen molar-refractivity contribution in [3.63, 3.8) is 0 Å². The molecule has 1 fully saturated rings. The van der Waals surface area contributed by atoms with Crippen LogP contribution >= 0.6 is 0 Å². The van der Waals surface area contributed by atoms with Crippen molar-refractivity contribution in [1.82, 2.24) is 4.31 Å². The third-order valence-electron chi connectivity index (χ3n) is 4.57. The number of sulfonamides is 1. The van der Waals surface area contributed by atoms with Gasteiger partial charge < -0.3 is 4.74 Å². The molecule has 5 heteroatoms. The number of rotatable bonds is 5. The summed E-state index contributed by atoms with van der Waals surface area (Å²) < 4.78 is 33.5. The molecule has 25 heavy (non-hydrogen) atoms. The zero-order valence-corrected chi connectivity index (χ0v) is 15.6. The first-order valence-electron chi connectivity index (χ1n) is 8.77. The number of aryl methyl sites for hydroxylation is 1. The van der Waals surface area contributed by atoms with Gasteiger partial charge in [0.05, 0.1) is 17.1 Å². The van der Waals surface area contributed by atoms with E-state index in [4.69, 9.17) is 4.74 Å². The molecule has 0 N–H and O–H groups in total. The summed E-state index contributed by atoms with van der Waals surface area (Å²) in [4.78, 5) is 0.359. The van der Waals surface area contributed by atoms with Crippen LogP contribution in [0.3, 0.4) is 0 Å². The van der Waals surface area contributed by atoms with Gasteiger partial charge in [0.2, 0.25) is 10.0 Å². The second-order valence-electron chi connectivity index (χ2n) is 6.58. The van der Waals surface area contributed by atoms with Crippen LogP contribution in [-0.4, -0.2) is 38.0 Å². The number of hydrogen-bond acceptors (Lipinski definition) is 3. The molecule has 0 aliphatic carbocycles. The molecule has 0 radical (unpaired) electrons. The molecule has 0 bridgehead atoms. The highest BCUT2D eigenvalue weighted by Crippen LogP contribution is 2.23. The second kappa shape index (κ2) is 7.68. The largest absolute Gasteiger partial charge is 0.372 e. The topological polar surface area (TPSA) is 46.6 Å². The van der Waals surface area contributed by atoms with Crippen LogP contribution in [0.4, 0.5) is 0 Å². The molecule has 0 amide bonds. The minimum absolute atomic E-state index is 0.118. The van der Waals surface area contributed by atoms with E-state index in [-0.39, 0.29) is 12.2 Å². The van der Waals surface area contributed by atoms with Crippen molar-refractivity contribution < 1.29 is 13.2 Å². The fraction of sp³-hybridized carbons (Fsp3) is 0.400. The third-order valence-corrected chi connectivity index (χ3v) is 6.41. The van der Waals surface area contributed by atoms with Crippen molar-refractivity contribution in [2.75, 3.05) is 13.1 Å². The van der Waals surface area contributed by atoms with Gasteiger partial charge in [-0.1, -0.05) is 49.4 Å². The molecule has 0 spiro atoms. The van der Waals surface area contributed by atoms with Crippen LogP contribution in [0, 0.1) is 0 Å². The van der Waals surface area contributed by atoms with Crippen LogP contribution in [0.25, 0.3) is 0 Å². The highest BCUT2D eigenvalue weighted by molar-refractivity contribution is 7.89. The Hall–Kier alpha value is -1.69. The molecule has 4 nitrogen and oxygen atoms in total. The summed E-state index contributed by atoms with van der Waals surface area (Å²) in [5.74, 6) is 0. The molecule has 0 saturated carbocycles. The van der Waals surface area contributed by atoms with Crippen LogP contribution in [0.2, 0.25) is 0 Å². The zero-order chi connectivity index (χ0) is 17.9. The third kappa shape index (κ3) is 4.29. The Morgan fingerprint density at radius 3 is 2.32 bits per heavy atom. The summed E-state index contributed by atoms with van der Waals surface area (Å²) in [6, 6.07) is 17.2. The van der Waals surface area contributed by atoms with E-state index in [1.807, 2.05) is 49.4 Å². The summed E-state index contributed by atoms with van der Waals surface area (Å²) in [6.45, 7) is 4.77. The number of benzene rings is 2. The monoisotopic (exact) mass is 359 g/mol. The quantitative estimate of drug-likeness (QED) is 0.823. The second-order valence-corrected chi connectivity index (χ2v) is 8.52. The van der Waals surface area contributed by atoms with Gasteiger partial charge >= 0.3 is 0 Å². The highest BCUT2D eigenvalue weighted by Gasteiger charge is 2.33. The molecule has 134 valence electrons. The first-order valence-corrected chi connectivity index (χ1v) is 10.2. The van der Waals surface area contributed by atoms with Gasteiger partial charge in [-0.25, -0.2) is 8.42 Å². The maximum absolute atomic E-state index is 13.0. The van der Waals surface area contributed by atoms with Gasteiger partial charge in [0, 0.05) is 13.1 Å². The highest BCUT2D eigenvalue weighted by atomic mass is 32.2. The van der Waals surface area contributed by atoms with Crippen molar-refractivity contribution in [1.29, 1.82) is 0 Å². The van der Waals surface area contributed by atoms with Gasteiger partial charge in [-0.05, 0) is 43.0 Å². The lowest BCUT2D eigenvalue weighted by atomic mass is 10.1. The van der Waals surface area contributed by atoms with Crippen molar-refractivity contribution in [3.05, 3.63) is 65.7 Å². The molecule has 2 unspecified atom stereocenters. The summed E-state index contributed by atoms with van der Waals surface area (Å²) in [5, 5.41) is 0. The van der Waals surface area contributed by atoms with Crippen LogP contribution in [0.1, 0.15) is 25.0 Å². The van der Waals surface area contributed by atoms with Crippen molar-refractivity contribution in [2.24, 2.45) is 0 Å². The Kier molecular flexibility index (Phi) is 5.57. The SMILES string of the molecule is CCc1ccc(S(=O)(=O)N2CC(C)OC(Cc3ccccc3)C2)cc1. The summed E-state index contributed by atoms with van der Waals surface area (Å²) in [6.07, 6.45) is 1.36. The van der Waals surface area contributed by atoms with Gasteiger partial charge in [0.1, 0.15) is 0 Å². The average molecular weight is 359 g/mol. The van der Waals surface area contributed by atoms with E-state index in [2.05, 4.69) is 6.92 Å². The van der Waals surface area contributed by atoms with E-state index in [0.29, 0.717) is 24.4 Å². The maximum atomic E-state index is 13.0. The minimum Gasteiger partial charge on any atom is -0.372 e. The van der Waals surface area contributed by atoms with Gasteiger partial charge in [0.15, 0.2) is 0 Å². The van der Waals surface area contributed by atoms with Gasteiger partial charge in [0.25, 0.3) is 0 Å². The number of hydrogen-bond donors (Lipinski definition) is 0. The molecule has 0 aromatic heterocycles. The van der Waals surface area contributed by atoms with E-state index >= 15 is 0 Å². The zero-order valence-electron chi connectivity index (χ0n) is 14.8. The summed E-state index contributed by atoms with van der Waals surface area (Å²) in [5.41, 5.74) is 2.29. The Morgan fingerprint density at radius 1 is 1.00 bits per heavy atom. The molecule has 1 aliphatic rings. The van der Waals surface area contributed by atoms with Crippen molar-refractivity contribution in [3.8, 4) is 0 Å². The smallest absolute Gasteiger partial charge is 0.243 e. The number of ether oxygens (including phenoxy) is 1. The molecule has 2 aromatic carbocycles. The van der Waals surface area contributed by atoms with Crippen molar-refractivity contribution in [2.45, 2.75) is 43.8 Å². The van der Waals surface area contributed by atoms with Gasteiger partial charge in [-0.2, -0.15) is 4.31 Å². The standard InChI is InChI=1S/C20H25NO3S/c1-3-17-9-11-20(12-10-17)25(22,23)21-14-16(2)24-19(15-21)13-18-7-5-4-6-8-18/h4-12,16,19H,3,13-15H2,1-2H3. The van der Waals surface area contributed by atoms with Crippen LogP contribution < -0.4 is 0 Å². The van der Waals surface area contributed by atoms with E-state index < -0.39 is 10.0 Å². The Balaban J connectivity index is 1.77. The van der Waals surface area contributed by atoms with E-state index in [1.54, 1.807) is 16.4 Å². The van der Waals surface area contributed by atoms with Gasteiger partial charge in [-0.3, -0.25) is 0 Å². The van der Waals surface area contributed by atoms with E-state index in [0.717, 1.165) is 17.5 Å². The van der Waals surface area contributed by atoms with Crippen LogP contribution in [-0.2, 0) is 27.6 Å². The molecule has 1 saturated heterocycles. The predicted octanol–water partition coefficient (Wildman–Crippen LogP) is 3.27. The van der Waals surface area contributed by atoms with E-state index in [9.17, 15) is 8.42 Å². The number of morpholine rings is 1. The Labute approximate surface area is 150 Å². The lowest BCUT2D eigenvalue weighted by Gasteiger charge is -2.36. The van der Waals surface area contributed by atoms with Gasteiger partial charge in [-0.15, -0.1) is 0 Å². The van der Waals surface area contributed by atoms with Crippen LogP contribution in [0.5, 0.6) is 0 Å². The number of nitrogens with zero attached hydrogens (tertiary/aromatic N) is 1. The maximum Gasteiger partial charge on any atom is 0.243 e. The molecule has 2 aromatic rings.